The number of anilines is 1. The molecule has 1 aromatic rings. The van der Waals surface area contributed by atoms with Crippen molar-refractivity contribution in [2.24, 2.45) is 0 Å². The molecule has 108 valence electrons. The number of rotatable bonds is 4. The highest BCUT2D eigenvalue weighted by Crippen LogP contribution is 2.21. The number of thiol groups is 1. The summed E-state index contributed by atoms with van der Waals surface area (Å²) in [5, 5.41) is 2.86. The van der Waals surface area contributed by atoms with Gasteiger partial charge in [-0.1, -0.05) is 10.4 Å². The number of sulfonamides is 1. The van der Waals surface area contributed by atoms with Crippen molar-refractivity contribution in [1.82, 2.24) is 9.45 Å². The van der Waals surface area contributed by atoms with Crippen LogP contribution in [0.4, 0.5) is 5.82 Å². The van der Waals surface area contributed by atoms with Gasteiger partial charge in [-0.15, -0.1) is 5.92 Å². The van der Waals surface area contributed by atoms with Crippen LogP contribution >= 0.6 is 12.6 Å². The predicted octanol–water partition coefficient (Wildman–Crippen LogP) is 0.751. The van der Waals surface area contributed by atoms with Crippen LogP contribution in [0.25, 0.3) is 0 Å². The van der Waals surface area contributed by atoms with E-state index in [1.165, 1.54) is 12.3 Å². The number of nitrogens with zero attached hydrogens (tertiary/aromatic N) is 2. The quantitative estimate of drug-likeness (QED) is 0.634. The number of pyridine rings is 1. The van der Waals surface area contributed by atoms with Gasteiger partial charge in [0.05, 0.1) is 19.7 Å². The van der Waals surface area contributed by atoms with Gasteiger partial charge < -0.3 is 5.32 Å². The van der Waals surface area contributed by atoms with E-state index in [9.17, 15) is 8.42 Å². The molecule has 20 heavy (non-hydrogen) atoms. The predicted molar refractivity (Wildman–Crippen MR) is 78.8 cm³/mol. The van der Waals surface area contributed by atoms with Gasteiger partial charge in [0.2, 0.25) is 0 Å². The fraction of sp³-hybridized carbons (Fsp3) is 0.417. The van der Waals surface area contributed by atoms with E-state index in [4.69, 9.17) is 4.84 Å². The maximum Gasteiger partial charge on any atom is 0.266 e. The number of aromatic nitrogens is 1. The molecule has 1 aromatic heterocycles. The van der Waals surface area contributed by atoms with Gasteiger partial charge in [-0.05, 0) is 19.1 Å². The zero-order chi connectivity index (χ0) is 14.6. The molecular weight excluding hydrogens is 298 g/mol. The summed E-state index contributed by atoms with van der Waals surface area (Å²) in [4.78, 5) is 9.24. The zero-order valence-corrected chi connectivity index (χ0v) is 12.6. The summed E-state index contributed by atoms with van der Waals surface area (Å²) in [7, 11) is -3.67. The Kier molecular flexibility index (Phi) is 4.88. The monoisotopic (exact) mass is 313 g/mol. The van der Waals surface area contributed by atoms with Crippen molar-refractivity contribution in [1.29, 1.82) is 0 Å². The van der Waals surface area contributed by atoms with Crippen LogP contribution in [0, 0.1) is 11.8 Å². The molecule has 8 heteroatoms. The molecule has 1 saturated heterocycles. The van der Waals surface area contributed by atoms with Crippen LogP contribution in [0.15, 0.2) is 23.2 Å². The van der Waals surface area contributed by atoms with Crippen LogP contribution < -0.4 is 5.32 Å². The van der Waals surface area contributed by atoms with Crippen LogP contribution in [0.5, 0.6) is 0 Å². The average Bonchev–Trinajstić information content (AvgIpc) is 2.87. The third-order valence-corrected chi connectivity index (χ3v) is 4.55. The lowest BCUT2D eigenvalue weighted by atomic mass is 10.4. The average molecular weight is 313 g/mol. The maximum atomic E-state index is 12.2. The van der Waals surface area contributed by atoms with E-state index in [1.54, 1.807) is 13.0 Å². The topological polar surface area (TPSA) is 71.5 Å². The number of hydrogen-bond acceptors (Lipinski definition) is 6. The summed E-state index contributed by atoms with van der Waals surface area (Å²) in [6.07, 6.45) is 1.30. The van der Waals surface area contributed by atoms with Crippen molar-refractivity contribution in [3.05, 3.63) is 18.3 Å². The molecule has 6 nitrogen and oxygen atoms in total. The highest BCUT2D eigenvalue weighted by molar-refractivity contribution is 7.89. The molecule has 1 aliphatic heterocycles. The third-order valence-electron chi connectivity index (χ3n) is 2.61. The minimum absolute atomic E-state index is 0.0899. The van der Waals surface area contributed by atoms with E-state index in [2.05, 4.69) is 34.8 Å². The second-order valence-corrected chi connectivity index (χ2v) is 6.66. The van der Waals surface area contributed by atoms with E-state index >= 15 is 0 Å². The molecule has 2 rings (SSSR count). The lowest BCUT2D eigenvalue weighted by molar-refractivity contribution is -0.0283. The summed E-state index contributed by atoms with van der Waals surface area (Å²) < 4.78 is 25.4. The Bertz CT molecular complexity index is 620. The molecule has 0 aromatic carbocycles. The van der Waals surface area contributed by atoms with Gasteiger partial charge in [0.15, 0.2) is 0 Å². The highest BCUT2D eigenvalue weighted by atomic mass is 32.2. The van der Waals surface area contributed by atoms with Gasteiger partial charge in [0.25, 0.3) is 10.0 Å². The smallest absolute Gasteiger partial charge is 0.266 e. The lowest BCUT2D eigenvalue weighted by Gasteiger charge is -2.14. The molecule has 1 aliphatic rings. The Labute approximate surface area is 123 Å². The largest absolute Gasteiger partial charge is 0.359 e. The Morgan fingerprint density at radius 2 is 2.40 bits per heavy atom. The zero-order valence-electron chi connectivity index (χ0n) is 10.9. The summed E-state index contributed by atoms with van der Waals surface area (Å²) in [5.41, 5.74) is 0. The van der Waals surface area contributed by atoms with Crippen molar-refractivity contribution >= 4 is 28.5 Å². The molecule has 0 bridgehead atoms. The van der Waals surface area contributed by atoms with Crippen molar-refractivity contribution < 1.29 is 13.3 Å². The second kappa shape index (κ2) is 6.45. The first kappa shape index (κ1) is 15.1. The van der Waals surface area contributed by atoms with Gasteiger partial charge >= 0.3 is 0 Å². The number of hydroxylamine groups is 1. The Hall–Kier alpha value is -1.27. The minimum atomic E-state index is -3.67. The van der Waals surface area contributed by atoms with E-state index < -0.39 is 10.0 Å². The fourth-order valence-corrected chi connectivity index (χ4v) is 3.15. The van der Waals surface area contributed by atoms with Crippen molar-refractivity contribution in [3.8, 4) is 11.8 Å². The summed E-state index contributed by atoms with van der Waals surface area (Å²) in [6, 6.07) is 3.08. The summed E-state index contributed by atoms with van der Waals surface area (Å²) in [5.74, 6) is 6.15. The van der Waals surface area contributed by atoms with Gasteiger partial charge in [0, 0.05) is 11.4 Å². The number of hydrogen-bond donors (Lipinski definition) is 2. The van der Waals surface area contributed by atoms with Gasteiger partial charge in [-0.2, -0.15) is 12.6 Å². The van der Waals surface area contributed by atoms with Crippen LogP contribution in [0.1, 0.15) is 6.92 Å². The second-order valence-electron chi connectivity index (χ2n) is 4.10. The van der Waals surface area contributed by atoms with Gasteiger partial charge in [-0.25, -0.2) is 13.4 Å². The van der Waals surface area contributed by atoms with Crippen LogP contribution in [0.2, 0.25) is 0 Å². The molecule has 0 radical (unpaired) electrons. The standard InChI is InChI=1S/C12H15N3O3S2/c1-2-3-6-13-12-5-4-11(7-14-12)20(16,17)15-8-10(19)9-18-15/h4-5,7,10,19H,6,8-9H2,1H3,(H,13,14). The normalized spacial score (nSPS) is 19.4. The molecule has 0 amide bonds. The Morgan fingerprint density at radius 1 is 1.60 bits per heavy atom. The van der Waals surface area contributed by atoms with E-state index in [0.717, 1.165) is 4.47 Å². The minimum Gasteiger partial charge on any atom is -0.359 e. The third kappa shape index (κ3) is 3.43. The Morgan fingerprint density at radius 3 is 2.95 bits per heavy atom. The first-order chi connectivity index (χ1) is 9.54. The highest BCUT2D eigenvalue weighted by Gasteiger charge is 2.32. The molecule has 1 N–H and O–H groups in total. The Balaban J connectivity index is 2.10. The van der Waals surface area contributed by atoms with Crippen LogP contribution in [0.3, 0.4) is 0 Å². The van der Waals surface area contributed by atoms with E-state index in [0.29, 0.717) is 12.4 Å². The first-order valence-corrected chi connectivity index (χ1v) is 7.93. The van der Waals surface area contributed by atoms with Crippen LogP contribution in [-0.2, 0) is 14.9 Å². The molecule has 1 fully saturated rings. The first-order valence-electron chi connectivity index (χ1n) is 5.97. The molecule has 0 aliphatic carbocycles. The van der Waals surface area contributed by atoms with Crippen LogP contribution in [-0.4, -0.2) is 42.8 Å². The summed E-state index contributed by atoms with van der Waals surface area (Å²) >= 11 is 4.19. The molecule has 1 unspecified atom stereocenters. The van der Waals surface area contributed by atoms with Crippen molar-refractivity contribution in [2.45, 2.75) is 17.1 Å². The maximum absolute atomic E-state index is 12.2. The molecule has 1 atom stereocenters. The SMILES string of the molecule is CC#CCNc1ccc(S(=O)(=O)N2CC(S)CO2)cn1. The van der Waals surface area contributed by atoms with E-state index in [-0.39, 0.29) is 23.3 Å². The fourth-order valence-electron chi connectivity index (χ4n) is 1.59. The number of nitrogens with one attached hydrogen (secondary N) is 1. The van der Waals surface area contributed by atoms with Gasteiger partial charge in [-0.3, -0.25) is 4.84 Å². The molecule has 0 saturated carbocycles. The lowest BCUT2D eigenvalue weighted by Crippen LogP contribution is -2.28. The van der Waals surface area contributed by atoms with Crippen molar-refractivity contribution in [2.75, 3.05) is 25.0 Å². The molecule has 2 heterocycles. The molecule has 0 spiro atoms. The van der Waals surface area contributed by atoms with Gasteiger partial charge in [0.1, 0.15) is 10.7 Å². The summed E-state index contributed by atoms with van der Waals surface area (Å²) in [6.45, 7) is 2.73. The molecular formula is C12H15N3O3S2. The van der Waals surface area contributed by atoms with E-state index in [1.807, 2.05) is 0 Å². The van der Waals surface area contributed by atoms with Crippen molar-refractivity contribution in [3.63, 3.8) is 0 Å².